The molecule has 0 spiro atoms. The number of amides is 1. The number of anilines is 2. The lowest BCUT2D eigenvalue weighted by Crippen LogP contribution is -2.29. The molecule has 7 heteroatoms. The van der Waals surface area contributed by atoms with Gasteiger partial charge in [0, 0.05) is 31.9 Å². The maximum atomic E-state index is 12.6. The Balaban J connectivity index is 1.85. The van der Waals surface area contributed by atoms with E-state index in [2.05, 4.69) is 4.72 Å². The Morgan fingerprint density at radius 3 is 2.50 bits per heavy atom. The topological polar surface area (TPSA) is 69.7 Å². The molecule has 0 radical (unpaired) electrons. The van der Waals surface area contributed by atoms with Gasteiger partial charge in [-0.2, -0.15) is 12.7 Å². The van der Waals surface area contributed by atoms with Crippen molar-refractivity contribution in [1.29, 1.82) is 0 Å². The van der Waals surface area contributed by atoms with Crippen molar-refractivity contribution in [2.45, 2.75) is 6.42 Å². The lowest BCUT2D eigenvalue weighted by Gasteiger charge is -2.18. The molecule has 0 aromatic heterocycles. The molecule has 126 valence electrons. The smallest absolute Gasteiger partial charge is 0.301 e. The van der Waals surface area contributed by atoms with Gasteiger partial charge in [-0.05, 0) is 42.3 Å². The van der Waals surface area contributed by atoms with Gasteiger partial charge in [-0.1, -0.05) is 18.2 Å². The number of nitrogens with zero attached hydrogens (tertiary/aromatic N) is 2. The largest absolute Gasteiger partial charge is 0.308 e. The van der Waals surface area contributed by atoms with Gasteiger partial charge in [-0.25, -0.2) is 0 Å². The Kier molecular flexibility index (Phi) is 4.29. The Morgan fingerprint density at radius 2 is 1.83 bits per heavy atom. The van der Waals surface area contributed by atoms with E-state index in [0.717, 1.165) is 15.6 Å². The maximum absolute atomic E-state index is 12.6. The molecule has 0 atom stereocenters. The number of fused-ring (bicyclic) bond motifs is 1. The summed E-state index contributed by atoms with van der Waals surface area (Å²) in [6, 6.07) is 14.4. The minimum atomic E-state index is -3.54. The summed E-state index contributed by atoms with van der Waals surface area (Å²) >= 11 is 0. The van der Waals surface area contributed by atoms with Crippen molar-refractivity contribution in [3.05, 3.63) is 59.7 Å². The summed E-state index contributed by atoms with van der Waals surface area (Å²) in [6.07, 6.45) is 0.700. The molecule has 2 aromatic rings. The normalized spacial score (nSPS) is 13.9. The molecule has 1 N–H and O–H groups in total. The molecule has 0 saturated carbocycles. The number of hydrogen-bond donors (Lipinski definition) is 1. The first kappa shape index (κ1) is 16.5. The molecule has 1 aliphatic heterocycles. The van der Waals surface area contributed by atoms with Crippen LogP contribution in [-0.2, 0) is 16.6 Å². The van der Waals surface area contributed by atoms with E-state index in [0.29, 0.717) is 24.2 Å². The van der Waals surface area contributed by atoms with E-state index in [4.69, 9.17) is 0 Å². The summed E-state index contributed by atoms with van der Waals surface area (Å²) < 4.78 is 27.4. The zero-order chi connectivity index (χ0) is 17.3. The van der Waals surface area contributed by atoms with Crippen LogP contribution in [0.5, 0.6) is 0 Å². The minimum Gasteiger partial charge on any atom is -0.308 e. The van der Waals surface area contributed by atoms with Crippen molar-refractivity contribution < 1.29 is 13.2 Å². The summed E-state index contributed by atoms with van der Waals surface area (Å²) in [7, 11) is -0.602. The van der Waals surface area contributed by atoms with Crippen molar-refractivity contribution >= 4 is 27.5 Å². The zero-order valence-corrected chi connectivity index (χ0v) is 14.4. The predicted molar refractivity (Wildman–Crippen MR) is 94.5 cm³/mol. The van der Waals surface area contributed by atoms with E-state index in [-0.39, 0.29) is 5.91 Å². The Labute approximate surface area is 141 Å². The molecule has 0 bridgehead atoms. The number of carbonyl (C=O) groups excluding carboxylic acids is 1. The zero-order valence-electron chi connectivity index (χ0n) is 13.6. The van der Waals surface area contributed by atoms with E-state index >= 15 is 0 Å². The fraction of sp³-hybridized carbons (Fsp3) is 0.235. The van der Waals surface area contributed by atoms with Crippen LogP contribution >= 0.6 is 0 Å². The lowest BCUT2D eigenvalue weighted by molar-refractivity contribution is 0.0989. The molecule has 2 aromatic carbocycles. The molecule has 24 heavy (non-hydrogen) atoms. The fourth-order valence-electron chi connectivity index (χ4n) is 2.65. The van der Waals surface area contributed by atoms with Gasteiger partial charge in [0.05, 0.1) is 5.69 Å². The first-order valence-electron chi connectivity index (χ1n) is 7.58. The summed E-state index contributed by atoms with van der Waals surface area (Å²) in [6.45, 7) is 0.590. The summed E-state index contributed by atoms with van der Waals surface area (Å²) in [5.41, 5.74) is 2.93. The second-order valence-electron chi connectivity index (χ2n) is 5.81. The molecule has 3 rings (SSSR count). The molecule has 0 aliphatic carbocycles. The molecule has 1 amide bonds. The van der Waals surface area contributed by atoms with Gasteiger partial charge >= 0.3 is 10.2 Å². The number of nitrogens with one attached hydrogen (secondary N) is 1. The van der Waals surface area contributed by atoms with Crippen LogP contribution in [0.25, 0.3) is 0 Å². The van der Waals surface area contributed by atoms with E-state index in [9.17, 15) is 13.2 Å². The Morgan fingerprint density at radius 1 is 1.12 bits per heavy atom. The fourth-order valence-corrected chi connectivity index (χ4v) is 3.26. The van der Waals surface area contributed by atoms with Crippen LogP contribution in [0.1, 0.15) is 15.9 Å². The number of rotatable bonds is 4. The van der Waals surface area contributed by atoms with Crippen molar-refractivity contribution in [2.75, 3.05) is 30.3 Å². The van der Waals surface area contributed by atoms with E-state index in [1.54, 1.807) is 35.2 Å². The van der Waals surface area contributed by atoms with Crippen LogP contribution in [0.2, 0.25) is 0 Å². The first-order valence-corrected chi connectivity index (χ1v) is 9.02. The lowest BCUT2D eigenvalue weighted by atomic mass is 10.1. The van der Waals surface area contributed by atoms with Gasteiger partial charge in [0.25, 0.3) is 5.91 Å². The number of carbonyl (C=O) groups is 1. The van der Waals surface area contributed by atoms with Gasteiger partial charge in [-0.15, -0.1) is 0 Å². The van der Waals surface area contributed by atoms with Gasteiger partial charge in [-0.3, -0.25) is 9.52 Å². The van der Waals surface area contributed by atoms with Gasteiger partial charge < -0.3 is 4.90 Å². The van der Waals surface area contributed by atoms with E-state index < -0.39 is 10.2 Å². The SMILES string of the molecule is CN(C)S(=O)(=O)Nc1ccc2c(c1)CCN2C(=O)c1ccccc1. The molecule has 0 fully saturated rings. The first-order chi connectivity index (χ1) is 11.4. The van der Waals surface area contributed by atoms with Crippen molar-refractivity contribution in [1.82, 2.24) is 4.31 Å². The highest BCUT2D eigenvalue weighted by Gasteiger charge is 2.26. The van der Waals surface area contributed by atoms with Crippen LogP contribution in [-0.4, -0.2) is 39.3 Å². The maximum Gasteiger partial charge on any atom is 0.301 e. The number of hydrogen-bond acceptors (Lipinski definition) is 3. The third-order valence-corrected chi connectivity index (χ3v) is 5.42. The molecule has 0 saturated heterocycles. The second kappa shape index (κ2) is 6.26. The van der Waals surface area contributed by atoms with Crippen LogP contribution in [0.3, 0.4) is 0 Å². The summed E-state index contributed by atoms with van der Waals surface area (Å²) in [5, 5.41) is 0. The van der Waals surface area contributed by atoms with Crippen LogP contribution in [0.15, 0.2) is 48.5 Å². The highest BCUT2D eigenvalue weighted by molar-refractivity contribution is 7.90. The number of benzene rings is 2. The van der Waals surface area contributed by atoms with Gasteiger partial charge in [0.1, 0.15) is 0 Å². The van der Waals surface area contributed by atoms with Crippen LogP contribution < -0.4 is 9.62 Å². The van der Waals surface area contributed by atoms with Gasteiger partial charge in [0.2, 0.25) is 0 Å². The summed E-state index contributed by atoms with van der Waals surface area (Å²) in [4.78, 5) is 14.4. The third kappa shape index (κ3) is 3.13. The molecule has 1 heterocycles. The van der Waals surface area contributed by atoms with E-state index in [1.807, 2.05) is 18.2 Å². The van der Waals surface area contributed by atoms with Gasteiger partial charge in [0.15, 0.2) is 0 Å². The van der Waals surface area contributed by atoms with Crippen LogP contribution in [0, 0.1) is 0 Å². The highest BCUT2D eigenvalue weighted by atomic mass is 32.2. The highest BCUT2D eigenvalue weighted by Crippen LogP contribution is 2.32. The van der Waals surface area contributed by atoms with Crippen molar-refractivity contribution in [2.24, 2.45) is 0 Å². The Bertz CT molecular complexity index is 864. The third-order valence-electron chi connectivity index (χ3n) is 3.97. The molecular weight excluding hydrogens is 326 g/mol. The van der Waals surface area contributed by atoms with Crippen molar-refractivity contribution in [3.63, 3.8) is 0 Å². The Hall–Kier alpha value is -2.38. The summed E-state index contributed by atoms with van der Waals surface area (Å²) in [5.74, 6) is -0.0454. The van der Waals surface area contributed by atoms with Crippen molar-refractivity contribution in [3.8, 4) is 0 Å². The monoisotopic (exact) mass is 345 g/mol. The predicted octanol–water partition coefficient (Wildman–Crippen LogP) is 2.11. The molecule has 1 aliphatic rings. The van der Waals surface area contributed by atoms with E-state index in [1.165, 1.54) is 14.1 Å². The standard InChI is InChI=1S/C17H19N3O3S/c1-19(2)24(22,23)18-15-8-9-16-14(12-15)10-11-20(16)17(21)13-6-4-3-5-7-13/h3-9,12,18H,10-11H2,1-2H3. The molecular formula is C17H19N3O3S. The second-order valence-corrected chi connectivity index (χ2v) is 7.69. The average molecular weight is 345 g/mol. The quantitative estimate of drug-likeness (QED) is 0.923. The van der Waals surface area contributed by atoms with Crippen LogP contribution in [0.4, 0.5) is 11.4 Å². The molecule has 0 unspecified atom stereocenters. The minimum absolute atomic E-state index is 0.0454. The molecule has 6 nitrogen and oxygen atoms in total. The average Bonchev–Trinajstić information content (AvgIpc) is 2.97.